The van der Waals surface area contributed by atoms with Gasteiger partial charge in [0.2, 0.25) is 0 Å². The molecule has 1 N–H and O–H groups in total. The van der Waals surface area contributed by atoms with Crippen LogP contribution in [0.2, 0.25) is 0 Å². The highest BCUT2D eigenvalue weighted by Gasteiger charge is 2.27. The van der Waals surface area contributed by atoms with E-state index in [0.29, 0.717) is 6.04 Å². The maximum Gasteiger partial charge on any atom is 0.0915 e. The Bertz CT molecular complexity index is 254. The molecule has 1 heterocycles. The van der Waals surface area contributed by atoms with E-state index < -0.39 is 0 Å². The number of aromatic nitrogens is 2. The molecule has 4 heteroatoms. The summed E-state index contributed by atoms with van der Waals surface area (Å²) in [5.41, 5.74) is 1.14. The van der Waals surface area contributed by atoms with E-state index in [1.165, 1.54) is 37.4 Å². The van der Waals surface area contributed by atoms with E-state index in [0.717, 1.165) is 18.2 Å². The van der Waals surface area contributed by atoms with Crippen molar-refractivity contribution >= 4 is 11.7 Å². The van der Waals surface area contributed by atoms with Crippen LogP contribution in [0, 0.1) is 5.92 Å². The molecule has 0 amide bonds. The molecule has 0 aromatic carbocycles. The fourth-order valence-corrected chi connectivity index (χ4v) is 2.79. The van der Waals surface area contributed by atoms with Crippen molar-refractivity contribution in [3.05, 3.63) is 11.9 Å². The molecule has 1 aliphatic rings. The van der Waals surface area contributed by atoms with Gasteiger partial charge in [-0.15, -0.1) is 0 Å². The first-order chi connectivity index (χ1) is 6.92. The third-order valence-electron chi connectivity index (χ3n) is 2.99. The van der Waals surface area contributed by atoms with Crippen molar-refractivity contribution in [2.75, 3.05) is 6.54 Å². The zero-order chi connectivity index (χ0) is 9.80. The van der Waals surface area contributed by atoms with E-state index >= 15 is 0 Å². The van der Waals surface area contributed by atoms with Crippen LogP contribution in [0.5, 0.6) is 0 Å². The number of nitrogens with one attached hydrogen (secondary N) is 1. The summed E-state index contributed by atoms with van der Waals surface area (Å²) in [6.07, 6.45) is 7.36. The van der Waals surface area contributed by atoms with Crippen molar-refractivity contribution in [1.82, 2.24) is 14.1 Å². The van der Waals surface area contributed by atoms with Crippen LogP contribution in [-0.2, 0) is 0 Å². The Balaban J connectivity index is 2.06. The topological polar surface area (TPSA) is 37.8 Å². The number of hydrogen-bond acceptors (Lipinski definition) is 4. The second-order valence-corrected chi connectivity index (χ2v) is 4.47. The predicted octanol–water partition coefficient (Wildman–Crippen LogP) is 2.38. The first-order valence-electron chi connectivity index (χ1n) is 5.42. The van der Waals surface area contributed by atoms with Gasteiger partial charge in [-0.25, -0.2) is 0 Å². The minimum Gasteiger partial charge on any atom is -0.309 e. The van der Waals surface area contributed by atoms with E-state index in [9.17, 15) is 0 Å². The van der Waals surface area contributed by atoms with Gasteiger partial charge in [-0.1, -0.05) is 19.8 Å². The van der Waals surface area contributed by atoms with Gasteiger partial charge in [-0.05, 0) is 25.3 Å². The van der Waals surface area contributed by atoms with Crippen LogP contribution in [0.3, 0.4) is 0 Å². The van der Waals surface area contributed by atoms with E-state index in [2.05, 4.69) is 21.0 Å². The summed E-state index contributed by atoms with van der Waals surface area (Å²) < 4.78 is 8.44. The van der Waals surface area contributed by atoms with Crippen LogP contribution in [0.1, 0.15) is 44.3 Å². The second-order valence-electron chi connectivity index (χ2n) is 3.91. The van der Waals surface area contributed by atoms with Gasteiger partial charge in [0.25, 0.3) is 0 Å². The van der Waals surface area contributed by atoms with Crippen molar-refractivity contribution in [1.29, 1.82) is 0 Å². The molecule has 1 saturated carbocycles. The first kappa shape index (κ1) is 10.1. The van der Waals surface area contributed by atoms with Crippen LogP contribution in [0.4, 0.5) is 0 Å². The van der Waals surface area contributed by atoms with Gasteiger partial charge >= 0.3 is 0 Å². The number of rotatable bonds is 4. The monoisotopic (exact) mass is 211 g/mol. The summed E-state index contributed by atoms with van der Waals surface area (Å²) in [6, 6.07) is 0.446. The van der Waals surface area contributed by atoms with Crippen molar-refractivity contribution in [3.8, 4) is 0 Å². The number of hydrogen-bond donors (Lipinski definition) is 1. The summed E-state index contributed by atoms with van der Waals surface area (Å²) in [5, 5.41) is 3.53. The molecule has 1 aromatic heterocycles. The highest BCUT2D eigenvalue weighted by molar-refractivity contribution is 6.99. The van der Waals surface area contributed by atoms with Crippen LogP contribution < -0.4 is 5.32 Å². The van der Waals surface area contributed by atoms with Crippen molar-refractivity contribution in [2.24, 2.45) is 5.92 Å². The SMILES string of the molecule is CCNC(c1cnsn1)C1CCCC1. The van der Waals surface area contributed by atoms with Gasteiger partial charge in [-0.2, -0.15) is 8.75 Å². The molecule has 2 rings (SSSR count). The quantitative estimate of drug-likeness (QED) is 0.831. The molecule has 1 atom stereocenters. The van der Waals surface area contributed by atoms with Crippen LogP contribution in [-0.4, -0.2) is 15.3 Å². The second kappa shape index (κ2) is 4.84. The normalized spacial score (nSPS) is 20.1. The Morgan fingerprint density at radius 2 is 2.36 bits per heavy atom. The van der Waals surface area contributed by atoms with Gasteiger partial charge in [0.05, 0.1) is 29.7 Å². The molecule has 78 valence electrons. The Morgan fingerprint density at radius 3 is 2.93 bits per heavy atom. The largest absolute Gasteiger partial charge is 0.309 e. The summed E-state index contributed by atoms with van der Waals surface area (Å²) in [4.78, 5) is 0. The molecule has 14 heavy (non-hydrogen) atoms. The molecule has 0 aliphatic heterocycles. The lowest BCUT2D eigenvalue weighted by atomic mass is 9.96. The maximum absolute atomic E-state index is 4.35. The van der Waals surface area contributed by atoms with E-state index in [1.54, 1.807) is 0 Å². The van der Waals surface area contributed by atoms with Crippen LogP contribution in [0.15, 0.2) is 6.20 Å². The van der Waals surface area contributed by atoms with Crippen molar-refractivity contribution < 1.29 is 0 Å². The van der Waals surface area contributed by atoms with E-state index in [-0.39, 0.29) is 0 Å². The Morgan fingerprint density at radius 1 is 1.57 bits per heavy atom. The van der Waals surface area contributed by atoms with E-state index in [1.807, 2.05) is 6.20 Å². The summed E-state index contributed by atoms with van der Waals surface area (Å²) in [7, 11) is 0. The van der Waals surface area contributed by atoms with Gasteiger partial charge < -0.3 is 5.32 Å². The van der Waals surface area contributed by atoms with Crippen molar-refractivity contribution in [3.63, 3.8) is 0 Å². The number of nitrogens with zero attached hydrogens (tertiary/aromatic N) is 2. The van der Waals surface area contributed by atoms with Crippen LogP contribution >= 0.6 is 11.7 Å². The average Bonchev–Trinajstić information content (AvgIpc) is 2.87. The molecule has 1 fully saturated rings. The van der Waals surface area contributed by atoms with Crippen LogP contribution in [0.25, 0.3) is 0 Å². The molecule has 1 aliphatic carbocycles. The third-order valence-corrected chi connectivity index (χ3v) is 3.48. The fourth-order valence-electron chi connectivity index (χ4n) is 2.33. The summed E-state index contributed by atoms with van der Waals surface area (Å²) in [5.74, 6) is 0.777. The lowest BCUT2D eigenvalue weighted by Crippen LogP contribution is -2.27. The zero-order valence-electron chi connectivity index (χ0n) is 8.57. The minimum atomic E-state index is 0.446. The molecular weight excluding hydrogens is 194 g/mol. The average molecular weight is 211 g/mol. The predicted molar refractivity (Wildman–Crippen MR) is 58.3 cm³/mol. The molecule has 1 aromatic rings. The Hall–Kier alpha value is -0.480. The minimum absolute atomic E-state index is 0.446. The van der Waals surface area contributed by atoms with Gasteiger partial charge in [0.1, 0.15) is 0 Å². The lowest BCUT2D eigenvalue weighted by Gasteiger charge is -2.21. The van der Waals surface area contributed by atoms with Crippen molar-refractivity contribution in [2.45, 2.75) is 38.6 Å². The summed E-state index contributed by atoms with van der Waals surface area (Å²) in [6.45, 7) is 3.17. The van der Waals surface area contributed by atoms with E-state index in [4.69, 9.17) is 0 Å². The molecule has 3 nitrogen and oxygen atoms in total. The highest BCUT2D eigenvalue weighted by atomic mass is 32.1. The Kier molecular flexibility index (Phi) is 3.48. The molecular formula is C10H17N3S. The molecule has 0 saturated heterocycles. The summed E-state index contributed by atoms with van der Waals surface area (Å²) >= 11 is 1.31. The van der Waals surface area contributed by atoms with Gasteiger partial charge in [-0.3, -0.25) is 0 Å². The highest BCUT2D eigenvalue weighted by Crippen LogP contribution is 2.34. The molecule has 0 spiro atoms. The zero-order valence-corrected chi connectivity index (χ0v) is 9.39. The third kappa shape index (κ3) is 2.12. The molecule has 1 unspecified atom stereocenters. The molecule has 0 bridgehead atoms. The standard InChI is InChI=1S/C10H17N3S/c1-2-11-10(8-5-3-4-6-8)9-7-12-14-13-9/h7-8,10-11H,2-6H2,1H3. The lowest BCUT2D eigenvalue weighted by molar-refractivity contribution is 0.369. The Labute approximate surface area is 89.3 Å². The van der Waals surface area contributed by atoms with Gasteiger partial charge in [0.15, 0.2) is 0 Å². The first-order valence-corrected chi connectivity index (χ1v) is 6.15. The maximum atomic E-state index is 4.35. The fraction of sp³-hybridized carbons (Fsp3) is 0.800. The smallest absolute Gasteiger partial charge is 0.0915 e. The molecule has 0 radical (unpaired) electrons. The van der Waals surface area contributed by atoms with Gasteiger partial charge in [0, 0.05) is 0 Å².